The molecule has 244 valence electrons. The molecule has 9 unspecified atom stereocenters. The third-order valence-corrected chi connectivity index (χ3v) is 12.4. The van der Waals surface area contributed by atoms with Gasteiger partial charge in [0.05, 0.1) is 12.7 Å². The number of fused-ring (bicyclic) bond motifs is 5. The molecule has 15 heteroatoms. The molecule has 14 nitrogen and oxygen atoms in total. The highest BCUT2D eigenvalue weighted by molar-refractivity contribution is 8.13. The first-order chi connectivity index (χ1) is 21.9. The fourth-order valence-corrected chi connectivity index (χ4v) is 10.1. The second-order valence-electron chi connectivity index (χ2n) is 13.3. The molecule has 0 saturated heterocycles. The lowest BCUT2D eigenvalue weighted by molar-refractivity contribution is -0.109. The minimum atomic E-state index is -0.577. The Morgan fingerprint density at radius 3 is 2.58 bits per heavy atom. The van der Waals surface area contributed by atoms with E-state index in [4.69, 9.17) is 15.7 Å². The minimum Gasteiger partial charge on any atom is -0.375 e. The topological polar surface area (TPSA) is 226 Å². The average Bonchev–Trinajstić information content (AvgIpc) is 3.44. The highest BCUT2D eigenvalue weighted by Crippen LogP contribution is 2.67. The van der Waals surface area contributed by atoms with Gasteiger partial charge in [0.15, 0.2) is 5.12 Å². The van der Waals surface area contributed by atoms with Gasteiger partial charge in [-0.25, -0.2) is 0 Å². The Balaban J connectivity index is 1.54. The molecular weight excluding hydrogens is 594 g/mol. The summed E-state index contributed by atoms with van der Waals surface area (Å²) in [5, 5.41) is 23.4. The SMILES string of the molecule is CC(=O)SCC(COC1CCC2(CN=[N+]=[N-])C(=CCC3C2CCC2(CN=[N+]=[N-])C(C(C=N)CCCCN=[N+]=[N-])CCC32)C1)N=O. The molecule has 4 aliphatic carbocycles. The van der Waals surface area contributed by atoms with Gasteiger partial charge in [-0.1, -0.05) is 50.4 Å². The van der Waals surface area contributed by atoms with Gasteiger partial charge in [0, 0.05) is 52.5 Å². The largest absolute Gasteiger partial charge is 0.375 e. The van der Waals surface area contributed by atoms with Crippen molar-refractivity contribution in [1.29, 1.82) is 5.41 Å². The molecule has 0 spiro atoms. The number of azide groups is 3. The number of carbonyl (C=O) groups excluding carboxylic acids is 1. The Morgan fingerprint density at radius 2 is 1.87 bits per heavy atom. The molecule has 9 atom stereocenters. The van der Waals surface area contributed by atoms with Gasteiger partial charge in [-0.05, 0) is 122 Å². The van der Waals surface area contributed by atoms with Crippen molar-refractivity contribution in [2.45, 2.75) is 89.7 Å². The predicted molar refractivity (Wildman–Crippen MR) is 174 cm³/mol. The monoisotopic (exact) mass is 639 g/mol. The fraction of sp³-hybridized carbons (Fsp3) is 0.867. The van der Waals surface area contributed by atoms with Crippen LogP contribution in [0.15, 0.2) is 32.2 Å². The number of ether oxygens (including phenoxy) is 1. The maximum Gasteiger partial charge on any atom is 0.185 e. The molecular formula is C30H45N11O3S. The lowest BCUT2D eigenvalue weighted by Gasteiger charge is -2.60. The van der Waals surface area contributed by atoms with E-state index in [0.717, 1.165) is 82.4 Å². The van der Waals surface area contributed by atoms with E-state index in [-0.39, 0.29) is 40.5 Å². The Morgan fingerprint density at radius 1 is 1.09 bits per heavy atom. The lowest BCUT2D eigenvalue weighted by Crippen LogP contribution is -2.54. The van der Waals surface area contributed by atoms with Crippen molar-refractivity contribution in [3.8, 4) is 0 Å². The van der Waals surface area contributed by atoms with Crippen LogP contribution in [-0.4, -0.2) is 55.5 Å². The van der Waals surface area contributed by atoms with Crippen molar-refractivity contribution in [2.24, 2.45) is 60.9 Å². The minimum absolute atomic E-state index is 0.0499. The Hall–Kier alpha value is -3.08. The van der Waals surface area contributed by atoms with Crippen molar-refractivity contribution in [2.75, 3.05) is 32.0 Å². The second kappa shape index (κ2) is 16.5. The van der Waals surface area contributed by atoms with Crippen LogP contribution in [0.3, 0.4) is 0 Å². The molecule has 0 aromatic carbocycles. The highest BCUT2D eigenvalue weighted by atomic mass is 32.2. The number of nitrogens with one attached hydrogen (secondary N) is 1. The van der Waals surface area contributed by atoms with Crippen molar-refractivity contribution in [1.82, 2.24) is 0 Å². The zero-order valence-corrected chi connectivity index (χ0v) is 26.9. The number of nitrogens with zero attached hydrogens (tertiary/aromatic N) is 10. The summed E-state index contributed by atoms with van der Waals surface area (Å²) in [6, 6.07) is -0.577. The summed E-state index contributed by atoms with van der Waals surface area (Å²) in [7, 11) is 0. The quantitative estimate of drug-likeness (QED) is 0.0313. The van der Waals surface area contributed by atoms with Gasteiger partial charge in [0.1, 0.15) is 6.04 Å². The van der Waals surface area contributed by atoms with Gasteiger partial charge < -0.3 is 10.1 Å². The van der Waals surface area contributed by atoms with Crippen LogP contribution in [0, 0.1) is 50.7 Å². The van der Waals surface area contributed by atoms with Crippen LogP contribution in [0.2, 0.25) is 0 Å². The van der Waals surface area contributed by atoms with Crippen LogP contribution in [0.1, 0.15) is 77.6 Å². The second-order valence-corrected chi connectivity index (χ2v) is 14.5. The van der Waals surface area contributed by atoms with E-state index in [2.05, 4.69) is 41.3 Å². The van der Waals surface area contributed by atoms with E-state index < -0.39 is 6.04 Å². The van der Waals surface area contributed by atoms with Crippen LogP contribution in [0.4, 0.5) is 0 Å². The van der Waals surface area contributed by atoms with Crippen LogP contribution >= 0.6 is 11.8 Å². The Kier molecular flexibility index (Phi) is 12.7. The van der Waals surface area contributed by atoms with E-state index in [1.165, 1.54) is 12.5 Å². The zero-order chi connectivity index (χ0) is 32.3. The van der Waals surface area contributed by atoms with Gasteiger partial charge in [0.25, 0.3) is 0 Å². The summed E-state index contributed by atoms with van der Waals surface area (Å²) >= 11 is 1.09. The molecule has 1 N–H and O–H groups in total. The molecule has 0 bridgehead atoms. The summed E-state index contributed by atoms with van der Waals surface area (Å²) in [5.41, 5.74) is 28.2. The highest BCUT2D eigenvalue weighted by Gasteiger charge is 2.61. The Labute approximate surface area is 268 Å². The van der Waals surface area contributed by atoms with Crippen LogP contribution in [0.25, 0.3) is 31.3 Å². The smallest absolute Gasteiger partial charge is 0.185 e. The van der Waals surface area contributed by atoms with Crippen LogP contribution in [0.5, 0.6) is 0 Å². The Bertz CT molecular complexity index is 1260. The summed E-state index contributed by atoms with van der Waals surface area (Å²) in [5.74, 6) is 1.72. The molecule has 4 rings (SSSR count). The zero-order valence-electron chi connectivity index (χ0n) is 26.1. The van der Waals surface area contributed by atoms with Crippen molar-refractivity contribution < 1.29 is 9.53 Å². The number of unbranched alkanes of at least 4 members (excludes halogenated alkanes) is 1. The summed E-state index contributed by atoms with van der Waals surface area (Å²) in [4.78, 5) is 31.9. The maximum absolute atomic E-state index is 11.3. The molecule has 0 radical (unpaired) electrons. The maximum atomic E-state index is 11.3. The fourth-order valence-electron chi connectivity index (χ4n) is 9.56. The van der Waals surface area contributed by atoms with E-state index in [0.29, 0.717) is 43.1 Å². The average molecular weight is 640 g/mol. The molecule has 0 heterocycles. The number of carbonyl (C=O) groups is 1. The molecule has 45 heavy (non-hydrogen) atoms. The van der Waals surface area contributed by atoms with Crippen molar-refractivity contribution in [3.63, 3.8) is 0 Å². The third kappa shape index (κ3) is 7.67. The summed E-state index contributed by atoms with van der Waals surface area (Å²) in [6.07, 6.45) is 13.6. The predicted octanol–water partition coefficient (Wildman–Crippen LogP) is 8.69. The molecule has 0 aliphatic heterocycles. The molecule has 3 fully saturated rings. The van der Waals surface area contributed by atoms with E-state index in [1.807, 2.05) is 0 Å². The number of hydrogen-bond acceptors (Lipinski definition) is 9. The van der Waals surface area contributed by atoms with Crippen molar-refractivity contribution >= 4 is 23.1 Å². The van der Waals surface area contributed by atoms with Gasteiger partial charge in [-0.2, -0.15) is 4.91 Å². The van der Waals surface area contributed by atoms with Gasteiger partial charge in [-0.3, -0.25) is 4.79 Å². The van der Waals surface area contributed by atoms with E-state index >= 15 is 0 Å². The molecule has 4 aliphatic rings. The number of nitroso groups, excluding NO2 is 1. The van der Waals surface area contributed by atoms with E-state index in [1.54, 1.807) is 6.21 Å². The summed E-state index contributed by atoms with van der Waals surface area (Å²) in [6.45, 7) is 2.96. The first kappa shape index (κ1) is 34.8. The summed E-state index contributed by atoms with van der Waals surface area (Å²) < 4.78 is 6.19. The molecule has 0 aromatic heterocycles. The van der Waals surface area contributed by atoms with Gasteiger partial charge >= 0.3 is 0 Å². The first-order valence-corrected chi connectivity index (χ1v) is 17.2. The first-order valence-electron chi connectivity index (χ1n) is 16.2. The molecule has 3 saturated carbocycles. The lowest BCUT2D eigenvalue weighted by atomic mass is 9.46. The number of hydrogen-bond donors (Lipinski definition) is 1. The standard InChI is InChI=1S/C30H45N11O3S/c1-20(42)45-17-23(38-43)16-44-24-9-11-29(18-36-40-33)22(14-24)5-6-25-27-8-7-26(21(15-31)4-2-3-13-35-39-32)30(27,19-37-41-34)12-10-28(25)29/h5,15,21,23-28,31H,2-4,6-14,16-19H2,1H3. The number of rotatable bonds is 17. The van der Waals surface area contributed by atoms with Gasteiger partial charge in [0.2, 0.25) is 0 Å². The van der Waals surface area contributed by atoms with E-state index in [9.17, 15) is 20.8 Å². The number of thioether (sulfide) groups is 1. The molecule has 0 aromatic rings. The van der Waals surface area contributed by atoms with Gasteiger partial charge in [-0.15, -0.1) is 0 Å². The van der Waals surface area contributed by atoms with Crippen LogP contribution in [-0.2, 0) is 9.53 Å². The van der Waals surface area contributed by atoms with Crippen LogP contribution < -0.4 is 0 Å². The number of allylic oxidation sites excluding steroid dienone is 1. The van der Waals surface area contributed by atoms with Crippen molar-refractivity contribution in [3.05, 3.63) is 47.9 Å². The normalized spacial score (nSPS) is 32.9. The molecule has 0 amide bonds. The third-order valence-electron chi connectivity index (χ3n) is 11.4.